The predicted molar refractivity (Wildman–Crippen MR) is 87.1 cm³/mol. The second-order valence-electron chi connectivity index (χ2n) is 5.33. The molecular formula is C18H12FN3O2. The molecule has 0 aliphatic heterocycles. The molecule has 0 amide bonds. The average Bonchev–Trinajstić information content (AvgIpc) is 3.02. The van der Waals surface area contributed by atoms with Gasteiger partial charge in [-0.2, -0.15) is 5.10 Å². The number of benzene rings is 2. The summed E-state index contributed by atoms with van der Waals surface area (Å²) in [5, 5.41) is 24.1. The van der Waals surface area contributed by atoms with Crippen LogP contribution in [0.15, 0.2) is 60.9 Å². The molecule has 0 saturated heterocycles. The Balaban J connectivity index is 1.94. The van der Waals surface area contributed by atoms with Gasteiger partial charge in [0.05, 0.1) is 11.9 Å². The zero-order valence-corrected chi connectivity index (χ0v) is 12.4. The lowest BCUT2D eigenvalue weighted by molar-refractivity contribution is 0.461. The second-order valence-corrected chi connectivity index (χ2v) is 5.33. The maximum absolute atomic E-state index is 13.1. The summed E-state index contributed by atoms with van der Waals surface area (Å²) in [6.45, 7) is 0. The molecule has 24 heavy (non-hydrogen) atoms. The lowest BCUT2D eigenvalue weighted by Crippen LogP contribution is -1.96. The Labute approximate surface area is 136 Å². The van der Waals surface area contributed by atoms with Crippen LogP contribution in [-0.2, 0) is 0 Å². The van der Waals surface area contributed by atoms with E-state index in [1.807, 2.05) is 0 Å². The molecular weight excluding hydrogens is 309 g/mol. The SMILES string of the molecule is Oc1ccc(O)c(-c2ccnc3c(-c4ccc(F)cc4)cnn23)c1. The van der Waals surface area contributed by atoms with Crippen molar-refractivity contribution in [3.63, 3.8) is 0 Å². The largest absolute Gasteiger partial charge is 0.508 e. The Hall–Kier alpha value is -3.41. The van der Waals surface area contributed by atoms with E-state index in [1.54, 1.807) is 35.1 Å². The third kappa shape index (κ3) is 2.25. The molecule has 0 spiro atoms. The fourth-order valence-electron chi connectivity index (χ4n) is 2.66. The van der Waals surface area contributed by atoms with Gasteiger partial charge in [-0.05, 0) is 42.0 Å². The van der Waals surface area contributed by atoms with Crippen LogP contribution >= 0.6 is 0 Å². The Bertz CT molecular complexity index is 1040. The summed E-state index contributed by atoms with van der Waals surface area (Å²) in [6.07, 6.45) is 3.24. The van der Waals surface area contributed by atoms with E-state index in [9.17, 15) is 14.6 Å². The van der Waals surface area contributed by atoms with Crippen LogP contribution in [0.2, 0.25) is 0 Å². The smallest absolute Gasteiger partial charge is 0.163 e. The van der Waals surface area contributed by atoms with Crippen molar-refractivity contribution in [3.8, 4) is 33.9 Å². The van der Waals surface area contributed by atoms with Crippen molar-refractivity contribution in [2.45, 2.75) is 0 Å². The van der Waals surface area contributed by atoms with Gasteiger partial charge in [-0.1, -0.05) is 12.1 Å². The van der Waals surface area contributed by atoms with Crippen LogP contribution in [0.25, 0.3) is 28.0 Å². The highest BCUT2D eigenvalue weighted by molar-refractivity contribution is 5.79. The molecule has 2 N–H and O–H groups in total. The number of rotatable bonds is 2. The van der Waals surface area contributed by atoms with Gasteiger partial charge in [0.25, 0.3) is 0 Å². The number of phenols is 2. The molecule has 0 saturated carbocycles. The van der Waals surface area contributed by atoms with E-state index in [4.69, 9.17) is 0 Å². The van der Waals surface area contributed by atoms with Gasteiger partial charge in [-0.15, -0.1) is 0 Å². The van der Waals surface area contributed by atoms with Crippen LogP contribution in [0.4, 0.5) is 4.39 Å². The maximum Gasteiger partial charge on any atom is 0.163 e. The van der Waals surface area contributed by atoms with Gasteiger partial charge in [-0.25, -0.2) is 13.9 Å². The van der Waals surface area contributed by atoms with Crippen molar-refractivity contribution in [1.82, 2.24) is 14.6 Å². The Morgan fingerprint density at radius 2 is 1.71 bits per heavy atom. The van der Waals surface area contributed by atoms with Crippen LogP contribution in [0.5, 0.6) is 11.5 Å². The molecule has 4 rings (SSSR count). The van der Waals surface area contributed by atoms with E-state index in [0.29, 0.717) is 16.9 Å². The van der Waals surface area contributed by atoms with Gasteiger partial charge in [0.15, 0.2) is 5.65 Å². The highest BCUT2D eigenvalue weighted by Crippen LogP contribution is 2.33. The summed E-state index contributed by atoms with van der Waals surface area (Å²) in [6, 6.07) is 12.1. The number of aromatic nitrogens is 3. The molecule has 2 aromatic carbocycles. The van der Waals surface area contributed by atoms with Crippen molar-refractivity contribution >= 4 is 5.65 Å². The fourth-order valence-corrected chi connectivity index (χ4v) is 2.66. The van der Waals surface area contributed by atoms with Crippen molar-refractivity contribution in [3.05, 3.63) is 66.7 Å². The van der Waals surface area contributed by atoms with Crippen LogP contribution in [0, 0.1) is 5.82 Å². The average molecular weight is 321 g/mol. The predicted octanol–water partition coefficient (Wildman–Crippen LogP) is 3.61. The molecule has 2 heterocycles. The molecule has 4 aromatic rings. The van der Waals surface area contributed by atoms with E-state index in [-0.39, 0.29) is 17.3 Å². The summed E-state index contributed by atoms with van der Waals surface area (Å²) < 4.78 is 14.7. The molecule has 0 bridgehead atoms. The molecule has 0 fully saturated rings. The lowest BCUT2D eigenvalue weighted by Gasteiger charge is -2.08. The van der Waals surface area contributed by atoms with Crippen molar-refractivity contribution in [1.29, 1.82) is 0 Å². The zero-order chi connectivity index (χ0) is 16.7. The first-order valence-corrected chi connectivity index (χ1v) is 7.24. The van der Waals surface area contributed by atoms with Gasteiger partial charge in [-0.3, -0.25) is 0 Å². The molecule has 0 aliphatic rings. The molecule has 2 aromatic heterocycles. The fraction of sp³-hybridized carbons (Fsp3) is 0. The van der Waals surface area contributed by atoms with Crippen LogP contribution in [0.3, 0.4) is 0 Å². The first-order valence-electron chi connectivity index (χ1n) is 7.24. The molecule has 118 valence electrons. The van der Waals surface area contributed by atoms with Crippen LogP contribution in [-0.4, -0.2) is 24.8 Å². The van der Waals surface area contributed by atoms with Crippen LogP contribution < -0.4 is 0 Å². The quantitative estimate of drug-likeness (QED) is 0.553. The van der Waals surface area contributed by atoms with Gasteiger partial charge >= 0.3 is 0 Å². The monoisotopic (exact) mass is 321 g/mol. The number of phenolic OH excluding ortho intramolecular Hbond substituents is 2. The normalized spacial score (nSPS) is 11.0. The molecule has 6 heteroatoms. The van der Waals surface area contributed by atoms with Crippen molar-refractivity contribution in [2.75, 3.05) is 0 Å². The third-order valence-electron chi connectivity index (χ3n) is 3.81. The number of nitrogens with zero attached hydrogens (tertiary/aromatic N) is 3. The zero-order valence-electron chi connectivity index (χ0n) is 12.4. The highest BCUT2D eigenvalue weighted by Gasteiger charge is 2.14. The van der Waals surface area contributed by atoms with Gasteiger partial charge in [0, 0.05) is 17.3 Å². The van der Waals surface area contributed by atoms with Crippen molar-refractivity contribution in [2.24, 2.45) is 0 Å². The minimum Gasteiger partial charge on any atom is -0.508 e. The minimum atomic E-state index is -0.312. The molecule has 0 atom stereocenters. The summed E-state index contributed by atoms with van der Waals surface area (Å²) in [5.41, 5.74) is 3.13. The standard InChI is InChI=1S/C18H12FN3O2/c19-12-3-1-11(2-4-12)15-10-21-22-16(7-8-20-18(15)22)14-9-13(23)5-6-17(14)24/h1-10,23-24H. The van der Waals surface area contributed by atoms with E-state index in [0.717, 1.165) is 11.1 Å². The first kappa shape index (κ1) is 14.2. The van der Waals surface area contributed by atoms with Gasteiger partial charge in [0.1, 0.15) is 17.3 Å². The first-order chi connectivity index (χ1) is 11.6. The van der Waals surface area contributed by atoms with Crippen LogP contribution in [0.1, 0.15) is 0 Å². The molecule has 0 radical (unpaired) electrons. The lowest BCUT2D eigenvalue weighted by atomic mass is 10.1. The summed E-state index contributed by atoms with van der Waals surface area (Å²) in [5.74, 6) is -0.244. The number of fused-ring (bicyclic) bond motifs is 1. The van der Waals surface area contributed by atoms with E-state index < -0.39 is 0 Å². The summed E-state index contributed by atoms with van der Waals surface area (Å²) in [4.78, 5) is 4.34. The Morgan fingerprint density at radius 1 is 0.917 bits per heavy atom. The van der Waals surface area contributed by atoms with Gasteiger partial charge in [0.2, 0.25) is 0 Å². The number of hydrogen-bond donors (Lipinski definition) is 2. The highest BCUT2D eigenvalue weighted by atomic mass is 19.1. The Kier molecular flexibility index (Phi) is 3.16. The maximum atomic E-state index is 13.1. The van der Waals surface area contributed by atoms with E-state index in [1.165, 1.54) is 30.3 Å². The van der Waals surface area contributed by atoms with Gasteiger partial charge < -0.3 is 10.2 Å². The summed E-state index contributed by atoms with van der Waals surface area (Å²) >= 11 is 0. The summed E-state index contributed by atoms with van der Waals surface area (Å²) in [7, 11) is 0. The molecule has 5 nitrogen and oxygen atoms in total. The number of halogens is 1. The van der Waals surface area contributed by atoms with Crippen molar-refractivity contribution < 1.29 is 14.6 Å². The van der Waals surface area contributed by atoms with E-state index in [2.05, 4.69) is 10.1 Å². The number of aromatic hydroxyl groups is 2. The second kappa shape index (κ2) is 5.34. The minimum absolute atomic E-state index is 0.0270. The number of hydrogen-bond acceptors (Lipinski definition) is 4. The Morgan fingerprint density at radius 3 is 2.50 bits per heavy atom. The molecule has 0 aliphatic carbocycles. The topological polar surface area (TPSA) is 70.7 Å². The van der Waals surface area contributed by atoms with E-state index >= 15 is 0 Å². The molecule has 0 unspecified atom stereocenters. The third-order valence-corrected chi connectivity index (χ3v) is 3.81.